The average Bonchev–Trinajstić information content (AvgIpc) is 3.30. The summed E-state index contributed by atoms with van der Waals surface area (Å²) >= 11 is 0. The fourth-order valence-electron chi connectivity index (χ4n) is 4.29. The third kappa shape index (κ3) is 4.82. The Bertz CT molecular complexity index is 1330. The maximum atomic E-state index is 13.4. The number of nitrogens with one attached hydrogen (secondary N) is 1. The number of aryl methyl sites for hydroxylation is 1. The summed E-state index contributed by atoms with van der Waals surface area (Å²) in [5, 5.41) is 6.64. The molecule has 3 aromatic heterocycles. The van der Waals surface area contributed by atoms with Crippen LogP contribution in [-0.2, 0) is 12.1 Å². The van der Waals surface area contributed by atoms with Gasteiger partial charge in [-0.25, -0.2) is 4.98 Å². The zero-order chi connectivity index (χ0) is 26.4. The molecule has 1 aliphatic heterocycles. The molecule has 0 saturated heterocycles. The number of fused-ring (bicyclic) bond motifs is 1. The van der Waals surface area contributed by atoms with Gasteiger partial charge in [0.2, 0.25) is 0 Å². The van der Waals surface area contributed by atoms with Crippen molar-refractivity contribution in [3.05, 3.63) is 59.3 Å². The molecule has 0 aliphatic carbocycles. The number of pyridine rings is 2. The topological polar surface area (TPSA) is 93.0 Å². The average molecular weight is 501 g/mol. The predicted molar refractivity (Wildman–Crippen MR) is 127 cm³/mol. The van der Waals surface area contributed by atoms with Gasteiger partial charge in [0.15, 0.2) is 0 Å². The lowest BCUT2D eigenvalue weighted by atomic mass is 9.96. The van der Waals surface area contributed by atoms with E-state index in [2.05, 4.69) is 15.4 Å². The Morgan fingerprint density at radius 1 is 1.17 bits per heavy atom. The van der Waals surface area contributed by atoms with Crippen LogP contribution in [0.5, 0.6) is 0 Å². The third-order valence-electron chi connectivity index (χ3n) is 5.96. The molecule has 0 aromatic carbocycles. The van der Waals surface area contributed by atoms with Crippen molar-refractivity contribution >= 4 is 17.5 Å². The first-order valence-electron chi connectivity index (χ1n) is 11.5. The molecule has 0 unspecified atom stereocenters. The lowest BCUT2D eigenvalue weighted by Gasteiger charge is -2.30. The van der Waals surface area contributed by atoms with Crippen molar-refractivity contribution in [1.82, 2.24) is 25.1 Å². The second-order valence-corrected chi connectivity index (χ2v) is 9.83. The van der Waals surface area contributed by atoms with Crippen LogP contribution in [0.1, 0.15) is 59.7 Å². The van der Waals surface area contributed by atoms with Crippen LogP contribution in [-0.4, -0.2) is 44.3 Å². The molecule has 4 rings (SSSR count). The number of carbonyl (C=O) groups excluding carboxylic acids is 2. The van der Waals surface area contributed by atoms with Crippen LogP contribution < -0.4 is 10.2 Å². The van der Waals surface area contributed by atoms with E-state index in [0.717, 1.165) is 4.68 Å². The summed E-state index contributed by atoms with van der Waals surface area (Å²) in [4.78, 5) is 36.3. The van der Waals surface area contributed by atoms with Crippen molar-refractivity contribution in [3.8, 4) is 11.3 Å². The number of carbonyl (C=O) groups is 2. The third-order valence-corrected chi connectivity index (χ3v) is 5.96. The number of aromatic nitrogens is 4. The minimum atomic E-state index is -4.43. The van der Waals surface area contributed by atoms with Crippen LogP contribution in [0.3, 0.4) is 0 Å². The molecular formula is C25H27F3N6O2. The van der Waals surface area contributed by atoms with E-state index in [-0.39, 0.29) is 17.5 Å². The van der Waals surface area contributed by atoms with Crippen LogP contribution in [0.25, 0.3) is 11.3 Å². The van der Waals surface area contributed by atoms with Gasteiger partial charge in [-0.05, 0) is 44.4 Å². The molecule has 190 valence electrons. The summed E-state index contributed by atoms with van der Waals surface area (Å²) < 4.78 is 39.2. The van der Waals surface area contributed by atoms with Gasteiger partial charge in [0.05, 0.1) is 39.9 Å². The number of amides is 2. The quantitative estimate of drug-likeness (QED) is 0.538. The van der Waals surface area contributed by atoms with Gasteiger partial charge in [-0.15, -0.1) is 0 Å². The van der Waals surface area contributed by atoms with E-state index in [1.165, 1.54) is 23.5 Å². The monoisotopic (exact) mass is 500 g/mol. The second kappa shape index (κ2) is 9.03. The number of hydrogen-bond donors (Lipinski definition) is 1. The van der Waals surface area contributed by atoms with Gasteiger partial charge in [0.25, 0.3) is 11.8 Å². The smallest absolute Gasteiger partial charge is 0.352 e. The van der Waals surface area contributed by atoms with Crippen LogP contribution in [0.2, 0.25) is 0 Å². The number of alkyl halides is 3. The number of halogens is 3. The van der Waals surface area contributed by atoms with Crippen molar-refractivity contribution in [2.24, 2.45) is 5.92 Å². The molecule has 0 atom stereocenters. The van der Waals surface area contributed by atoms with E-state index in [9.17, 15) is 22.8 Å². The largest absolute Gasteiger partial charge is 0.408 e. The Labute approximate surface area is 206 Å². The highest BCUT2D eigenvalue weighted by atomic mass is 19.4. The number of hydrogen-bond acceptors (Lipinski definition) is 5. The molecule has 1 N–H and O–H groups in total. The Hall–Kier alpha value is -3.76. The van der Waals surface area contributed by atoms with Crippen molar-refractivity contribution in [1.29, 1.82) is 0 Å². The van der Waals surface area contributed by atoms with Crippen molar-refractivity contribution in [2.45, 2.75) is 52.9 Å². The normalized spacial score (nSPS) is 14.9. The van der Waals surface area contributed by atoms with Crippen molar-refractivity contribution < 1.29 is 22.8 Å². The lowest BCUT2D eigenvalue weighted by Crippen LogP contribution is -2.39. The van der Waals surface area contributed by atoms with E-state index in [4.69, 9.17) is 4.98 Å². The maximum Gasteiger partial charge on any atom is 0.408 e. The summed E-state index contributed by atoms with van der Waals surface area (Å²) in [7, 11) is 0. The van der Waals surface area contributed by atoms with Gasteiger partial charge in [0.1, 0.15) is 6.54 Å². The summed E-state index contributed by atoms with van der Waals surface area (Å²) in [6.07, 6.45) is 1.09. The van der Waals surface area contributed by atoms with E-state index >= 15 is 0 Å². The van der Waals surface area contributed by atoms with Crippen LogP contribution in [0.4, 0.5) is 18.9 Å². The van der Waals surface area contributed by atoms with Crippen molar-refractivity contribution in [2.75, 3.05) is 11.4 Å². The first-order valence-corrected chi connectivity index (χ1v) is 11.5. The lowest BCUT2D eigenvalue weighted by molar-refractivity contribution is -0.142. The Morgan fingerprint density at radius 2 is 1.89 bits per heavy atom. The highest BCUT2D eigenvalue weighted by Crippen LogP contribution is 2.43. The standard InChI is InChI=1S/C25H27F3N6O2/c1-14(2)8-30-22(35)17-7-16(9-29-10-17)19-6-15(3)20-21(32-19)24(4,5)34(23(20)36)18-11-31-33(12-18)13-25(26,27)28/h6-7,9-12,14H,8,13H2,1-5H3,(H,30,35). The molecule has 1 aliphatic rings. The zero-order valence-corrected chi connectivity index (χ0v) is 20.6. The van der Waals surface area contributed by atoms with Crippen molar-refractivity contribution in [3.63, 3.8) is 0 Å². The highest BCUT2D eigenvalue weighted by Gasteiger charge is 2.47. The minimum Gasteiger partial charge on any atom is -0.352 e. The molecule has 0 radical (unpaired) electrons. The fraction of sp³-hybridized carbons (Fsp3) is 0.400. The molecule has 11 heteroatoms. The highest BCUT2D eigenvalue weighted by molar-refractivity contribution is 6.12. The molecule has 0 spiro atoms. The summed E-state index contributed by atoms with van der Waals surface area (Å²) in [5.74, 6) is -0.305. The van der Waals surface area contributed by atoms with Gasteiger partial charge >= 0.3 is 6.18 Å². The molecule has 2 amide bonds. The van der Waals surface area contributed by atoms with Gasteiger partial charge in [-0.1, -0.05) is 13.8 Å². The van der Waals surface area contributed by atoms with Crippen LogP contribution >= 0.6 is 0 Å². The van der Waals surface area contributed by atoms with E-state index in [1.54, 1.807) is 39.1 Å². The number of rotatable bonds is 6. The van der Waals surface area contributed by atoms with E-state index in [0.29, 0.717) is 46.1 Å². The van der Waals surface area contributed by atoms with Gasteiger partial charge in [0, 0.05) is 30.7 Å². The Kier molecular flexibility index (Phi) is 6.36. The SMILES string of the molecule is Cc1cc(-c2cncc(C(=O)NCC(C)C)c2)nc2c1C(=O)N(c1cnn(CC(F)(F)F)c1)C2(C)C. The minimum absolute atomic E-state index is 0.242. The Balaban J connectivity index is 1.69. The fourth-order valence-corrected chi connectivity index (χ4v) is 4.29. The summed E-state index contributed by atoms with van der Waals surface area (Å²) in [6, 6.07) is 3.44. The van der Waals surface area contributed by atoms with E-state index < -0.39 is 18.3 Å². The summed E-state index contributed by atoms with van der Waals surface area (Å²) in [6.45, 7) is 8.62. The molecule has 0 fully saturated rings. The maximum absolute atomic E-state index is 13.4. The van der Waals surface area contributed by atoms with Gasteiger partial charge in [-0.2, -0.15) is 18.3 Å². The molecule has 4 heterocycles. The number of anilines is 1. The first-order chi connectivity index (χ1) is 16.8. The van der Waals surface area contributed by atoms with E-state index in [1.807, 2.05) is 13.8 Å². The number of nitrogens with zero attached hydrogens (tertiary/aromatic N) is 5. The predicted octanol–water partition coefficient (Wildman–Crippen LogP) is 4.49. The Morgan fingerprint density at radius 3 is 2.56 bits per heavy atom. The van der Waals surface area contributed by atoms with Crippen LogP contribution in [0.15, 0.2) is 36.9 Å². The first kappa shape index (κ1) is 25.3. The zero-order valence-electron chi connectivity index (χ0n) is 20.6. The molecule has 0 saturated carbocycles. The molecule has 8 nitrogen and oxygen atoms in total. The molecule has 0 bridgehead atoms. The molecular weight excluding hydrogens is 473 g/mol. The molecule has 36 heavy (non-hydrogen) atoms. The van der Waals surface area contributed by atoms with Gasteiger partial charge in [-0.3, -0.25) is 24.2 Å². The van der Waals surface area contributed by atoms with Gasteiger partial charge < -0.3 is 5.32 Å². The van der Waals surface area contributed by atoms with Crippen LogP contribution in [0, 0.1) is 12.8 Å². The second-order valence-electron chi connectivity index (χ2n) is 9.83. The summed E-state index contributed by atoms with van der Waals surface area (Å²) in [5.41, 5.74) is 2.37. The molecule has 3 aromatic rings.